The Balaban J connectivity index is 1.71. The first kappa shape index (κ1) is 17.7. The van der Waals surface area contributed by atoms with Gasteiger partial charge in [0.1, 0.15) is 5.41 Å². The van der Waals surface area contributed by atoms with Gasteiger partial charge in [-0.2, -0.15) is 0 Å². The summed E-state index contributed by atoms with van der Waals surface area (Å²) in [6.07, 6.45) is 21.2. The molecule has 2 aliphatic rings. The molecule has 0 aromatic carbocycles. The second-order valence-corrected chi connectivity index (χ2v) is 6.53. The van der Waals surface area contributed by atoms with Gasteiger partial charge in [-0.25, -0.2) is 4.79 Å². The van der Waals surface area contributed by atoms with Gasteiger partial charge >= 0.3 is 11.9 Å². The fourth-order valence-electron chi connectivity index (χ4n) is 3.26. The molecule has 3 heteroatoms. The highest BCUT2D eigenvalue weighted by Crippen LogP contribution is 2.43. The van der Waals surface area contributed by atoms with Crippen molar-refractivity contribution in [3.8, 4) is 0 Å². The minimum atomic E-state index is -0.855. The molecule has 0 radical (unpaired) electrons. The number of esters is 2. The first-order chi connectivity index (χ1) is 11.2. The van der Waals surface area contributed by atoms with Crippen LogP contribution in [0.2, 0.25) is 0 Å². The van der Waals surface area contributed by atoms with Crippen LogP contribution < -0.4 is 0 Å². The zero-order valence-corrected chi connectivity index (χ0v) is 14.2. The molecule has 0 N–H and O–H groups in total. The van der Waals surface area contributed by atoms with Crippen LogP contribution >= 0.6 is 0 Å². The van der Waals surface area contributed by atoms with Crippen molar-refractivity contribution in [3.63, 3.8) is 0 Å². The van der Waals surface area contributed by atoms with Crippen molar-refractivity contribution in [2.24, 2.45) is 5.41 Å². The fraction of sp³-hybridized carbons (Fsp3) is 0.600. The summed E-state index contributed by atoms with van der Waals surface area (Å²) in [5.74, 6) is -0.915. The maximum atomic E-state index is 12.1. The fourth-order valence-corrected chi connectivity index (χ4v) is 3.26. The largest absolute Gasteiger partial charge is 0.389 e. The molecule has 1 aliphatic heterocycles. The number of hydrogen-bond acceptors (Lipinski definition) is 3. The number of allylic oxidation sites excluding steroid dienone is 4. The first-order valence-corrected chi connectivity index (χ1v) is 9.02. The maximum absolute atomic E-state index is 12.1. The van der Waals surface area contributed by atoms with E-state index in [1.165, 1.54) is 44.9 Å². The van der Waals surface area contributed by atoms with E-state index in [9.17, 15) is 9.59 Å². The Morgan fingerprint density at radius 2 is 1.78 bits per heavy atom. The smallest absolute Gasteiger partial charge is 0.343 e. The van der Waals surface area contributed by atoms with Crippen LogP contribution in [0.1, 0.15) is 71.1 Å². The van der Waals surface area contributed by atoms with Gasteiger partial charge < -0.3 is 4.74 Å². The molecule has 1 fully saturated rings. The van der Waals surface area contributed by atoms with Crippen molar-refractivity contribution in [1.82, 2.24) is 0 Å². The lowest BCUT2D eigenvalue weighted by atomic mass is 9.76. The summed E-state index contributed by atoms with van der Waals surface area (Å²) in [6.45, 7) is 2.24. The first-order valence-electron chi connectivity index (χ1n) is 9.02. The molecular formula is C20H28O3. The molecule has 0 bridgehead atoms. The summed E-state index contributed by atoms with van der Waals surface area (Å²) in [5.41, 5.74) is -0.372. The molecule has 0 spiro atoms. The number of unbranched alkanes of at least 4 members (excludes halogenated alkanes) is 8. The van der Waals surface area contributed by atoms with E-state index in [1.807, 2.05) is 24.3 Å². The van der Waals surface area contributed by atoms with Crippen molar-refractivity contribution in [2.75, 3.05) is 0 Å². The minimum Gasteiger partial charge on any atom is -0.389 e. The molecule has 126 valence electrons. The molecule has 0 aromatic heterocycles. The van der Waals surface area contributed by atoms with E-state index >= 15 is 0 Å². The van der Waals surface area contributed by atoms with E-state index in [-0.39, 0.29) is 0 Å². The van der Waals surface area contributed by atoms with E-state index in [0.717, 1.165) is 12.8 Å². The highest BCUT2D eigenvalue weighted by molar-refractivity contribution is 6.11. The Kier molecular flexibility index (Phi) is 6.82. The summed E-state index contributed by atoms with van der Waals surface area (Å²) in [5, 5.41) is 0. The number of fused-ring (bicyclic) bond motifs is 1. The molecule has 23 heavy (non-hydrogen) atoms. The van der Waals surface area contributed by atoms with E-state index in [1.54, 1.807) is 6.08 Å². The summed E-state index contributed by atoms with van der Waals surface area (Å²) in [7, 11) is 0. The molecule has 1 unspecified atom stereocenters. The summed E-state index contributed by atoms with van der Waals surface area (Å²) in [6, 6.07) is 0. The summed E-state index contributed by atoms with van der Waals surface area (Å²) in [4.78, 5) is 23.8. The Bertz CT molecular complexity index is 513. The van der Waals surface area contributed by atoms with Gasteiger partial charge in [-0.05, 0) is 19.3 Å². The van der Waals surface area contributed by atoms with Crippen LogP contribution in [0.25, 0.3) is 0 Å². The third kappa shape index (κ3) is 4.43. The van der Waals surface area contributed by atoms with Gasteiger partial charge in [-0.15, -0.1) is 0 Å². The average molecular weight is 316 g/mol. The molecule has 0 aromatic rings. The van der Waals surface area contributed by atoms with Crippen LogP contribution in [0, 0.1) is 5.41 Å². The van der Waals surface area contributed by atoms with Crippen LogP contribution in [0.15, 0.2) is 36.0 Å². The van der Waals surface area contributed by atoms with Crippen molar-refractivity contribution >= 4 is 11.9 Å². The second-order valence-electron chi connectivity index (χ2n) is 6.53. The molecule has 1 atom stereocenters. The Labute approximate surface area is 139 Å². The summed E-state index contributed by atoms with van der Waals surface area (Å²) >= 11 is 0. The van der Waals surface area contributed by atoms with Crippen LogP contribution in [-0.2, 0) is 14.3 Å². The lowest BCUT2D eigenvalue weighted by Crippen LogP contribution is -2.26. The van der Waals surface area contributed by atoms with Crippen LogP contribution in [0.4, 0.5) is 0 Å². The predicted molar refractivity (Wildman–Crippen MR) is 91.7 cm³/mol. The van der Waals surface area contributed by atoms with Gasteiger partial charge in [-0.3, -0.25) is 4.79 Å². The lowest BCUT2D eigenvalue weighted by molar-refractivity contribution is -0.154. The Hall–Kier alpha value is -1.64. The highest BCUT2D eigenvalue weighted by atomic mass is 16.6. The molecule has 0 amide bonds. The molecular weight excluding hydrogens is 288 g/mol. The van der Waals surface area contributed by atoms with Crippen molar-refractivity contribution in [1.29, 1.82) is 0 Å². The highest BCUT2D eigenvalue weighted by Gasteiger charge is 2.51. The minimum absolute atomic E-state index is 0.426. The third-order valence-electron chi connectivity index (χ3n) is 4.72. The monoisotopic (exact) mass is 316 g/mol. The number of ether oxygens (including phenoxy) is 1. The zero-order valence-electron chi connectivity index (χ0n) is 14.2. The van der Waals surface area contributed by atoms with Gasteiger partial charge in [0.25, 0.3) is 0 Å². The van der Waals surface area contributed by atoms with Crippen molar-refractivity contribution in [2.45, 2.75) is 71.1 Å². The third-order valence-corrected chi connectivity index (χ3v) is 4.72. The van der Waals surface area contributed by atoms with Gasteiger partial charge in [0, 0.05) is 0 Å². The second kappa shape index (κ2) is 8.85. The average Bonchev–Trinajstić information content (AvgIpc) is 2.81. The molecule has 1 aliphatic carbocycles. The van der Waals surface area contributed by atoms with E-state index in [4.69, 9.17) is 4.74 Å². The van der Waals surface area contributed by atoms with Gasteiger partial charge in [-0.1, -0.05) is 82.2 Å². The topological polar surface area (TPSA) is 43.4 Å². The van der Waals surface area contributed by atoms with Crippen molar-refractivity contribution < 1.29 is 14.3 Å². The van der Waals surface area contributed by atoms with E-state index in [0.29, 0.717) is 12.0 Å². The summed E-state index contributed by atoms with van der Waals surface area (Å²) < 4.78 is 4.82. The van der Waals surface area contributed by atoms with Gasteiger partial charge in [0.2, 0.25) is 0 Å². The number of cyclic esters (lactones) is 2. The predicted octanol–water partition coefficient (Wildman–Crippen LogP) is 5.03. The maximum Gasteiger partial charge on any atom is 0.343 e. The molecule has 3 nitrogen and oxygen atoms in total. The van der Waals surface area contributed by atoms with Crippen LogP contribution in [0.5, 0.6) is 0 Å². The molecule has 0 saturated carbocycles. The Morgan fingerprint density at radius 3 is 2.52 bits per heavy atom. The number of carbonyl (C=O) groups is 2. The molecule has 2 rings (SSSR count). The molecule has 1 saturated heterocycles. The SMILES string of the molecule is CCCCCCCCCCC=CC12CC=CC=C1C(=O)OC2=O. The van der Waals surface area contributed by atoms with Crippen LogP contribution in [-0.4, -0.2) is 11.9 Å². The number of carbonyl (C=O) groups excluding carboxylic acids is 2. The van der Waals surface area contributed by atoms with Gasteiger partial charge in [0.15, 0.2) is 0 Å². The number of rotatable bonds is 10. The molecule has 1 heterocycles. The van der Waals surface area contributed by atoms with E-state index < -0.39 is 17.4 Å². The zero-order chi connectivity index (χ0) is 16.5. The van der Waals surface area contributed by atoms with Crippen molar-refractivity contribution in [3.05, 3.63) is 36.0 Å². The van der Waals surface area contributed by atoms with Crippen LogP contribution in [0.3, 0.4) is 0 Å². The quantitative estimate of drug-likeness (QED) is 0.246. The lowest BCUT2D eigenvalue weighted by Gasteiger charge is -2.21. The van der Waals surface area contributed by atoms with E-state index in [2.05, 4.69) is 6.92 Å². The standard InChI is InChI=1S/C20H28O3/c1-2-3-4-5-6-7-8-9-10-12-15-20-16-13-11-14-17(20)18(21)23-19(20)22/h11-15H,2-10,16H2,1H3. The normalized spacial score (nSPS) is 23.3. The van der Waals surface area contributed by atoms with Gasteiger partial charge in [0.05, 0.1) is 5.57 Å². The Morgan fingerprint density at radius 1 is 1.09 bits per heavy atom. The number of hydrogen-bond donors (Lipinski definition) is 0.